The summed E-state index contributed by atoms with van der Waals surface area (Å²) in [7, 11) is -0.0353. The van der Waals surface area contributed by atoms with Crippen LogP contribution in [-0.2, 0) is 0 Å². The Bertz CT molecular complexity index is 402. The molecule has 3 aliphatic heterocycles. The highest BCUT2D eigenvalue weighted by Gasteiger charge is 2.45. The Morgan fingerprint density at radius 2 is 1.52 bits per heavy atom. The lowest BCUT2D eigenvalue weighted by molar-refractivity contribution is 0.226. The van der Waals surface area contributed by atoms with E-state index in [2.05, 4.69) is 13.8 Å². The molecule has 0 N–H and O–H groups in total. The first kappa shape index (κ1) is 18.8. The monoisotopic (exact) mass is 361 g/mol. The van der Waals surface area contributed by atoms with Crippen LogP contribution in [0.25, 0.3) is 0 Å². The fraction of sp³-hybridized carbons (Fsp3) is 1.00. The van der Waals surface area contributed by atoms with Crippen LogP contribution in [0.3, 0.4) is 0 Å². The van der Waals surface area contributed by atoms with E-state index >= 15 is 0 Å². The minimum absolute atomic E-state index is 0.0353. The van der Waals surface area contributed by atoms with Gasteiger partial charge in [0.25, 0.3) is 0 Å². The van der Waals surface area contributed by atoms with Crippen molar-refractivity contribution in [1.29, 1.82) is 0 Å². The zero-order valence-electron chi connectivity index (χ0n) is 17.1. The van der Waals surface area contributed by atoms with Crippen molar-refractivity contribution in [3.8, 4) is 0 Å². The zero-order chi connectivity index (χ0) is 17.2. The normalized spacial score (nSPS) is 43.9. The average molecular weight is 361 g/mol. The first-order valence-electron chi connectivity index (χ1n) is 12.1. The van der Waals surface area contributed by atoms with Gasteiger partial charge in [-0.1, -0.05) is 83.2 Å². The molecule has 4 fully saturated rings. The lowest BCUT2D eigenvalue weighted by Gasteiger charge is -2.43. The molecule has 0 spiro atoms. The molecule has 5 atom stereocenters. The summed E-state index contributed by atoms with van der Waals surface area (Å²) in [4.78, 5) is 0. The molecule has 0 aromatic heterocycles. The highest BCUT2D eigenvalue weighted by Crippen LogP contribution is 2.58. The lowest BCUT2D eigenvalue weighted by atomic mass is 9.26. The number of rotatable bonds is 6. The molecule has 0 radical (unpaired) electrons. The minimum Gasteiger partial charge on any atom is -0.0737 e. The molecule has 1 aliphatic carbocycles. The van der Waals surface area contributed by atoms with Crippen molar-refractivity contribution in [2.75, 3.05) is 12.3 Å². The first-order valence-corrected chi connectivity index (χ1v) is 14.1. The third-order valence-corrected chi connectivity index (χ3v) is 13.2. The Morgan fingerprint density at radius 3 is 2.24 bits per heavy atom. The van der Waals surface area contributed by atoms with Gasteiger partial charge < -0.3 is 0 Å². The summed E-state index contributed by atoms with van der Waals surface area (Å²) in [5.74, 6) is 5.52. The molecule has 2 heteroatoms. The van der Waals surface area contributed by atoms with E-state index in [4.69, 9.17) is 0 Å². The third kappa shape index (κ3) is 4.33. The highest BCUT2D eigenvalue weighted by molar-refractivity contribution is 7.58. The van der Waals surface area contributed by atoms with Crippen molar-refractivity contribution in [3.05, 3.63) is 0 Å². The molecule has 3 saturated heterocycles. The quantitative estimate of drug-likeness (QED) is 0.262. The van der Waals surface area contributed by atoms with E-state index in [1.54, 1.807) is 95.7 Å². The maximum Gasteiger partial charge on any atom is 0.146 e. The Labute approximate surface area is 159 Å². The Morgan fingerprint density at radius 1 is 0.800 bits per heavy atom. The van der Waals surface area contributed by atoms with Gasteiger partial charge in [0.15, 0.2) is 0 Å². The molecule has 3 heterocycles. The molecule has 0 amide bonds. The molecule has 0 aromatic carbocycles. The molecule has 142 valence electrons. The van der Waals surface area contributed by atoms with E-state index in [9.17, 15) is 0 Å². The van der Waals surface area contributed by atoms with Crippen LogP contribution in [0.4, 0.5) is 0 Å². The first-order chi connectivity index (χ1) is 12.2. The standard InChI is InChI=1S/C23H42BP/c1-18-12-13-20-16-23(18)25(17-19(20)2)15-5-3-4-14-24-21-8-6-9-22(24)11-7-10-21/h18-23H,3-17H2,1-2H3/p+1/t18-,19-,20?,21?,22?,23?,25?/m0/s1. The molecule has 4 bridgehead atoms. The number of unbranched alkanes of at least 4 members (excludes halogenated alkanes) is 2. The van der Waals surface area contributed by atoms with E-state index in [1.807, 2.05) is 0 Å². The van der Waals surface area contributed by atoms with Gasteiger partial charge in [0.05, 0.1) is 18.0 Å². The maximum absolute atomic E-state index is 2.59. The van der Waals surface area contributed by atoms with Crippen molar-refractivity contribution < 1.29 is 0 Å². The van der Waals surface area contributed by atoms with Crippen LogP contribution in [0.1, 0.15) is 90.9 Å². The number of hydrogen-bond acceptors (Lipinski definition) is 0. The van der Waals surface area contributed by atoms with E-state index in [1.165, 1.54) is 5.66 Å². The topological polar surface area (TPSA) is 0 Å². The fourth-order valence-electron chi connectivity index (χ4n) is 7.65. The van der Waals surface area contributed by atoms with Crippen LogP contribution in [0.2, 0.25) is 18.0 Å². The van der Waals surface area contributed by atoms with Gasteiger partial charge >= 0.3 is 0 Å². The summed E-state index contributed by atoms with van der Waals surface area (Å²) in [6.45, 7) is 6.32. The Balaban J connectivity index is 1.18. The zero-order valence-corrected chi connectivity index (χ0v) is 18.1. The van der Waals surface area contributed by atoms with Crippen LogP contribution in [0.5, 0.6) is 0 Å². The van der Waals surface area contributed by atoms with Crippen LogP contribution < -0.4 is 0 Å². The molecule has 4 aliphatic rings. The van der Waals surface area contributed by atoms with Gasteiger partial charge in [0, 0.05) is 7.92 Å². The molecular weight excluding hydrogens is 318 g/mol. The second-order valence-corrected chi connectivity index (χ2v) is 13.6. The van der Waals surface area contributed by atoms with Gasteiger partial charge in [0.2, 0.25) is 0 Å². The predicted molar refractivity (Wildman–Crippen MR) is 117 cm³/mol. The largest absolute Gasteiger partial charge is 0.146 e. The van der Waals surface area contributed by atoms with Gasteiger partial charge in [-0.3, -0.25) is 0 Å². The second kappa shape index (κ2) is 8.67. The third-order valence-electron chi connectivity index (χ3n) is 9.20. The maximum atomic E-state index is 2.59. The summed E-state index contributed by atoms with van der Waals surface area (Å²) in [6, 6.07) is 0. The smallest absolute Gasteiger partial charge is 0.0737 e. The van der Waals surface area contributed by atoms with Gasteiger partial charge in [-0.05, 0) is 43.4 Å². The summed E-state index contributed by atoms with van der Waals surface area (Å²) >= 11 is 0. The van der Waals surface area contributed by atoms with E-state index in [-0.39, 0.29) is 7.92 Å². The van der Waals surface area contributed by atoms with Crippen molar-refractivity contribution in [2.45, 2.75) is 115 Å². The van der Waals surface area contributed by atoms with Gasteiger partial charge in [-0.15, -0.1) is 0 Å². The number of fused-ring (bicyclic) bond motifs is 4. The minimum atomic E-state index is -0.0353. The SMILES string of the molecule is C[C@H]1C[PH+](CCCCCB2C3CCCC2CCC3)C2CC1CC[C@@H]2C. The van der Waals surface area contributed by atoms with Crippen LogP contribution in [0, 0.1) is 17.8 Å². The molecule has 0 nitrogen and oxygen atoms in total. The molecular formula is C23H43BP+. The summed E-state index contributed by atoms with van der Waals surface area (Å²) < 4.78 is 0. The van der Waals surface area contributed by atoms with E-state index < -0.39 is 0 Å². The molecule has 3 unspecified atom stereocenters. The summed E-state index contributed by atoms with van der Waals surface area (Å²) in [6.07, 6.45) is 23.8. The lowest BCUT2D eigenvalue weighted by Crippen LogP contribution is -2.37. The average Bonchev–Trinajstić information content (AvgIpc) is 2.60. The summed E-state index contributed by atoms with van der Waals surface area (Å²) in [5, 5.41) is 0. The van der Waals surface area contributed by atoms with Gasteiger partial charge in [0.1, 0.15) is 6.71 Å². The molecule has 25 heavy (non-hydrogen) atoms. The molecule has 0 aromatic rings. The van der Waals surface area contributed by atoms with Crippen LogP contribution in [0.15, 0.2) is 0 Å². The predicted octanol–water partition coefficient (Wildman–Crippen LogP) is 7.43. The number of hydrogen-bond donors (Lipinski definition) is 0. The van der Waals surface area contributed by atoms with Crippen molar-refractivity contribution in [1.82, 2.24) is 0 Å². The van der Waals surface area contributed by atoms with Crippen LogP contribution >= 0.6 is 7.92 Å². The molecule has 4 rings (SSSR count). The van der Waals surface area contributed by atoms with Gasteiger partial charge in [-0.2, -0.15) is 0 Å². The van der Waals surface area contributed by atoms with E-state index in [0.717, 1.165) is 36.1 Å². The van der Waals surface area contributed by atoms with Crippen molar-refractivity contribution >= 4 is 14.6 Å². The fourth-order valence-corrected chi connectivity index (χ4v) is 12.0. The van der Waals surface area contributed by atoms with Crippen molar-refractivity contribution in [3.63, 3.8) is 0 Å². The second-order valence-electron chi connectivity index (χ2n) is 10.6. The van der Waals surface area contributed by atoms with Gasteiger partial charge in [-0.25, -0.2) is 0 Å². The highest BCUT2D eigenvalue weighted by atomic mass is 31.1. The molecule has 1 saturated carbocycles. The van der Waals surface area contributed by atoms with E-state index in [0.29, 0.717) is 0 Å². The summed E-state index contributed by atoms with van der Waals surface area (Å²) in [5.41, 5.74) is 1.19. The Kier molecular flexibility index (Phi) is 6.53. The van der Waals surface area contributed by atoms with Crippen LogP contribution in [-0.4, -0.2) is 24.7 Å². The Hall–Kier alpha value is 0.495. The van der Waals surface area contributed by atoms with Crippen molar-refractivity contribution in [2.24, 2.45) is 17.8 Å².